The second-order valence-electron chi connectivity index (χ2n) is 6.12. The fraction of sp³-hybridized carbons (Fsp3) is 0.529. The predicted molar refractivity (Wildman–Crippen MR) is 79.6 cm³/mol. The van der Waals surface area contributed by atoms with Crippen LogP contribution in [0.5, 0.6) is 5.75 Å². The van der Waals surface area contributed by atoms with Gasteiger partial charge in [-0.05, 0) is 19.1 Å². The summed E-state index contributed by atoms with van der Waals surface area (Å²) in [5.74, 6) is 1.05. The van der Waals surface area contributed by atoms with Crippen molar-refractivity contribution in [3.8, 4) is 5.75 Å². The Hall–Kier alpha value is -1.84. The van der Waals surface area contributed by atoms with Crippen molar-refractivity contribution in [1.82, 2.24) is 4.90 Å². The smallest absolute Gasteiger partial charge is 0.222 e. The van der Waals surface area contributed by atoms with Crippen LogP contribution in [0, 0.1) is 6.92 Å². The molecule has 0 aliphatic carbocycles. The Labute approximate surface area is 125 Å². The molecule has 1 aromatic rings. The van der Waals surface area contributed by atoms with E-state index < -0.39 is 5.60 Å². The highest BCUT2D eigenvalue weighted by molar-refractivity contribution is 6.00. The second kappa shape index (κ2) is 5.17. The number of nitrogens with zero attached hydrogens (tertiary/aromatic N) is 1. The number of aryl methyl sites for hydroxylation is 1. The summed E-state index contributed by atoms with van der Waals surface area (Å²) in [6.45, 7) is 5.22. The highest BCUT2D eigenvalue weighted by atomic mass is 16.5. The third-order valence-corrected chi connectivity index (χ3v) is 4.57. The van der Waals surface area contributed by atoms with E-state index in [9.17, 15) is 9.59 Å². The molecule has 0 saturated carbocycles. The minimum atomic E-state index is -0.413. The van der Waals surface area contributed by atoms with Gasteiger partial charge in [-0.15, -0.1) is 0 Å². The quantitative estimate of drug-likeness (QED) is 0.798. The Balaban J connectivity index is 1.79. The number of Topliss-reactive ketones (excluding diaryl/α,β-unsaturated/α-hetero) is 1. The Morgan fingerprint density at radius 3 is 2.71 bits per heavy atom. The average Bonchev–Trinajstić information content (AvgIpc) is 2.48. The van der Waals surface area contributed by atoms with Crippen LogP contribution in [0.2, 0.25) is 0 Å². The van der Waals surface area contributed by atoms with Crippen LogP contribution in [0.3, 0.4) is 0 Å². The molecule has 0 atom stereocenters. The first kappa shape index (κ1) is 14.1. The molecule has 2 aliphatic heterocycles. The van der Waals surface area contributed by atoms with Crippen LogP contribution in [0.4, 0.5) is 0 Å². The van der Waals surface area contributed by atoms with Gasteiger partial charge in [-0.2, -0.15) is 0 Å². The van der Waals surface area contributed by atoms with Crippen LogP contribution in [0.15, 0.2) is 18.2 Å². The standard InChI is InChI=1S/C17H21NO3/c1-3-16(20)18-8-6-17(7-9-18)11-14(19)13-10-12(2)4-5-15(13)21-17/h4-5,10H,3,6-9,11H2,1-2H3. The third kappa shape index (κ3) is 2.55. The SMILES string of the molecule is CCC(=O)N1CCC2(CC1)CC(=O)c1cc(C)ccc1O2. The lowest BCUT2D eigenvalue weighted by atomic mass is 9.82. The maximum absolute atomic E-state index is 12.4. The molecule has 4 heteroatoms. The van der Waals surface area contributed by atoms with Crippen molar-refractivity contribution in [1.29, 1.82) is 0 Å². The number of likely N-dealkylation sites (tertiary alicyclic amines) is 1. The predicted octanol–water partition coefficient (Wildman–Crippen LogP) is 2.73. The number of piperidine rings is 1. The van der Waals surface area contributed by atoms with Gasteiger partial charge in [0.25, 0.3) is 0 Å². The number of fused-ring (bicyclic) bond motifs is 1. The molecule has 1 saturated heterocycles. The molecular weight excluding hydrogens is 266 g/mol. The summed E-state index contributed by atoms with van der Waals surface area (Å²) in [7, 11) is 0. The molecular formula is C17H21NO3. The highest BCUT2D eigenvalue weighted by Gasteiger charge is 2.43. The normalized spacial score (nSPS) is 20.1. The summed E-state index contributed by atoms with van der Waals surface area (Å²) < 4.78 is 6.19. The van der Waals surface area contributed by atoms with Gasteiger partial charge in [-0.1, -0.05) is 18.6 Å². The first-order valence-corrected chi connectivity index (χ1v) is 7.64. The summed E-state index contributed by atoms with van der Waals surface area (Å²) in [4.78, 5) is 26.1. The van der Waals surface area contributed by atoms with Crippen LogP contribution in [0.25, 0.3) is 0 Å². The highest BCUT2D eigenvalue weighted by Crippen LogP contribution is 2.39. The first-order valence-electron chi connectivity index (χ1n) is 7.64. The molecule has 2 aliphatic rings. The fourth-order valence-electron chi connectivity index (χ4n) is 3.27. The molecule has 4 nitrogen and oxygen atoms in total. The van der Waals surface area contributed by atoms with E-state index >= 15 is 0 Å². The first-order chi connectivity index (χ1) is 10.0. The zero-order chi connectivity index (χ0) is 15.0. The van der Waals surface area contributed by atoms with Crippen molar-refractivity contribution in [3.05, 3.63) is 29.3 Å². The summed E-state index contributed by atoms with van der Waals surface area (Å²) in [6.07, 6.45) is 2.43. The van der Waals surface area contributed by atoms with Crippen molar-refractivity contribution in [2.24, 2.45) is 0 Å². The zero-order valence-corrected chi connectivity index (χ0v) is 12.6. The van der Waals surface area contributed by atoms with Gasteiger partial charge in [0.15, 0.2) is 5.78 Å². The molecule has 2 heterocycles. The molecule has 0 aromatic heterocycles. The monoisotopic (exact) mass is 287 g/mol. The molecule has 1 spiro atoms. The van der Waals surface area contributed by atoms with Crippen LogP contribution in [-0.2, 0) is 4.79 Å². The molecule has 1 fully saturated rings. The second-order valence-corrected chi connectivity index (χ2v) is 6.12. The molecule has 112 valence electrons. The van der Waals surface area contributed by atoms with Crippen molar-refractivity contribution >= 4 is 11.7 Å². The van der Waals surface area contributed by atoms with E-state index in [1.165, 1.54) is 0 Å². The minimum absolute atomic E-state index is 0.162. The summed E-state index contributed by atoms with van der Waals surface area (Å²) >= 11 is 0. The number of rotatable bonds is 1. The maximum Gasteiger partial charge on any atom is 0.222 e. The zero-order valence-electron chi connectivity index (χ0n) is 12.6. The summed E-state index contributed by atoms with van der Waals surface area (Å²) in [5.41, 5.74) is 1.36. The number of ketones is 1. The van der Waals surface area contributed by atoms with Gasteiger partial charge in [0.1, 0.15) is 11.4 Å². The van der Waals surface area contributed by atoms with Crippen molar-refractivity contribution < 1.29 is 14.3 Å². The largest absolute Gasteiger partial charge is 0.486 e. The van der Waals surface area contributed by atoms with E-state index in [0.29, 0.717) is 37.2 Å². The van der Waals surface area contributed by atoms with Crippen LogP contribution in [-0.4, -0.2) is 35.3 Å². The van der Waals surface area contributed by atoms with E-state index in [0.717, 1.165) is 18.4 Å². The van der Waals surface area contributed by atoms with Crippen molar-refractivity contribution in [2.75, 3.05) is 13.1 Å². The molecule has 21 heavy (non-hydrogen) atoms. The van der Waals surface area contributed by atoms with E-state index in [1.807, 2.05) is 36.9 Å². The van der Waals surface area contributed by atoms with E-state index in [1.54, 1.807) is 0 Å². The van der Waals surface area contributed by atoms with Crippen molar-refractivity contribution in [3.63, 3.8) is 0 Å². The lowest BCUT2D eigenvalue weighted by Crippen LogP contribution is -2.52. The van der Waals surface area contributed by atoms with E-state index in [4.69, 9.17) is 4.74 Å². The molecule has 1 aromatic carbocycles. The number of carbonyl (C=O) groups excluding carboxylic acids is 2. The minimum Gasteiger partial charge on any atom is -0.486 e. The molecule has 0 N–H and O–H groups in total. The maximum atomic E-state index is 12.4. The number of ether oxygens (including phenoxy) is 1. The lowest BCUT2D eigenvalue weighted by molar-refractivity contribution is -0.134. The number of hydrogen-bond acceptors (Lipinski definition) is 3. The molecule has 1 amide bonds. The molecule has 0 radical (unpaired) electrons. The van der Waals surface area contributed by atoms with Gasteiger partial charge in [-0.3, -0.25) is 9.59 Å². The molecule has 3 rings (SSSR count). The van der Waals surface area contributed by atoms with Gasteiger partial charge in [0.2, 0.25) is 5.91 Å². The van der Waals surface area contributed by atoms with Gasteiger partial charge in [0.05, 0.1) is 12.0 Å². The van der Waals surface area contributed by atoms with Gasteiger partial charge in [-0.25, -0.2) is 0 Å². The topological polar surface area (TPSA) is 46.6 Å². The van der Waals surface area contributed by atoms with Gasteiger partial charge in [0, 0.05) is 32.4 Å². The Kier molecular flexibility index (Phi) is 3.47. The third-order valence-electron chi connectivity index (χ3n) is 4.57. The Morgan fingerprint density at radius 2 is 2.05 bits per heavy atom. The Morgan fingerprint density at radius 1 is 1.33 bits per heavy atom. The van der Waals surface area contributed by atoms with Crippen molar-refractivity contribution in [2.45, 2.75) is 45.1 Å². The summed E-state index contributed by atoms with van der Waals surface area (Å²) in [6, 6.07) is 5.77. The lowest BCUT2D eigenvalue weighted by Gasteiger charge is -2.44. The fourth-order valence-corrected chi connectivity index (χ4v) is 3.27. The van der Waals surface area contributed by atoms with E-state index in [2.05, 4.69) is 0 Å². The number of carbonyl (C=O) groups is 2. The molecule has 0 bridgehead atoms. The number of amides is 1. The van der Waals surface area contributed by atoms with Gasteiger partial charge < -0.3 is 9.64 Å². The van der Waals surface area contributed by atoms with Crippen LogP contribution < -0.4 is 4.74 Å². The number of hydrogen-bond donors (Lipinski definition) is 0. The van der Waals surface area contributed by atoms with Crippen LogP contribution >= 0.6 is 0 Å². The van der Waals surface area contributed by atoms with Gasteiger partial charge >= 0.3 is 0 Å². The van der Waals surface area contributed by atoms with Crippen LogP contribution in [0.1, 0.15) is 48.5 Å². The Bertz CT molecular complexity index is 586. The summed E-state index contributed by atoms with van der Waals surface area (Å²) in [5, 5.41) is 0. The van der Waals surface area contributed by atoms with E-state index in [-0.39, 0.29) is 11.7 Å². The number of benzene rings is 1. The average molecular weight is 287 g/mol. The molecule has 0 unspecified atom stereocenters.